The summed E-state index contributed by atoms with van der Waals surface area (Å²) in [5.74, 6) is -2.62. The number of carboxylic acids is 1. The van der Waals surface area contributed by atoms with E-state index in [1.807, 2.05) is 19.9 Å². The Hall–Kier alpha value is -2.83. The van der Waals surface area contributed by atoms with Crippen LogP contribution in [0.1, 0.15) is 28.4 Å². The molecule has 0 bridgehead atoms. The number of aliphatic carboxylic acids is 1. The van der Waals surface area contributed by atoms with Crippen molar-refractivity contribution in [1.82, 2.24) is 10.3 Å². The van der Waals surface area contributed by atoms with E-state index in [2.05, 4.69) is 10.3 Å². The maximum absolute atomic E-state index is 12.1. The van der Waals surface area contributed by atoms with Crippen molar-refractivity contribution >= 4 is 22.8 Å². The molecule has 1 aromatic carbocycles. The van der Waals surface area contributed by atoms with Crippen LogP contribution >= 0.6 is 0 Å². The number of H-pyrrole nitrogens is 1. The van der Waals surface area contributed by atoms with E-state index in [0.717, 1.165) is 17.5 Å². The first-order chi connectivity index (χ1) is 10.4. The van der Waals surface area contributed by atoms with Gasteiger partial charge in [-0.15, -0.1) is 0 Å². The number of nitrogens with one attached hydrogen (secondary N) is 2. The molecule has 0 aliphatic heterocycles. The third-order valence-corrected chi connectivity index (χ3v) is 3.54. The summed E-state index contributed by atoms with van der Waals surface area (Å²) in [7, 11) is 0. The molecule has 7 heteroatoms. The van der Waals surface area contributed by atoms with Crippen molar-refractivity contribution in [1.29, 1.82) is 0 Å². The molecule has 0 radical (unpaired) electrons. The molecule has 7 nitrogen and oxygen atoms in total. The number of hydrogen-bond acceptors (Lipinski definition) is 4. The summed E-state index contributed by atoms with van der Waals surface area (Å²) in [5, 5.41) is 21.2. The van der Waals surface area contributed by atoms with Crippen LogP contribution in [0.2, 0.25) is 0 Å². The third kappa shape index (κ3) is 2.65. The van der Waals surface area contributed by atoms with Crippen LogP contribution in [0.4, 0.5) is 0 Å². The number of rotatable bonds is 4. The molecular formula is C15H16N2O5. The van der Waals surface area contributed by atoms with Crippen LogP contribution in [0.3, 0.4) is 0 Å². The normalized spacial score (nSPS) is 10.6. The summed E-state index contributed by atoms with van der Waals surface area (Å²) in [6, 6.07) is 3.44. The zero-order valence-electron chi connectivity index (χ0n) is 12.2. The molecule has 0 aliphatic carbocycles. The zero-order valence-corrected chi connectivity index (χ0v) is 12.2. The minimum atomic E-state index is -1.24. The van der Waals surface area contributed by atoms with Crippen LogP contribution in [0.25, 0.3) is 10.9 Å². The third-order valence-electron chi connectivity index (χ3n) is 3.54. The van der Waals surface area contributed by atoms with Crippen molar-refractivity contribution in [2.45, 2.75) is 20.3 Å². The summed E-state index contributed by atoms with van der Waals surface area (Å²) >= 11 is 0. The van der Waals surface area contributed by atoms with Gasteiger partial charge in [-0.05, 0) is 30.5 Å². The molecule has 1 amide bonds. The van der Waals surface area contributed by atoms with E-state index in [-0.39, 0.29) is 0 Å². The monoisotopic (exact) mass is 304 g/mol. The molecule has 0 saturated heterocycles. The van der Waals surface area contributed by atoms with Gasteiger partial charge in [0.05, 0.1) is 5.52 Å². The first-order valence-corrected chi connectivity index (χ1v) is 6.74. The highest BCUT2D eigenvalue weighted by Crippen LogP contribution is 2.28. The highest BCUT2D eigenvalue weighted by atomic mass is 16.4. The Morgan fingerprint density at radius 3 is 2.59 bits per heavy atom. The van der Waals surface area contributed by atoms with Crippen LogP contribution in [0.5, 0.6) is 5.75 Å². The summed E-state index contributed by atoms with van der Waals surface area (Å²) in [6.45, 7) is 3.16. The van der Waals surface area contributed by atoms with Gasteiger partial charge < -0.3 is 20.5 Å². The lowest BCUT2D eigenvalue weighted by molar-refractivity contribution is -0.135. The molecule has 0 aliphatic rings. The number of aryl methyl sites for hydroxylation is 2. The Bertz CT molecular complexity index is 823. The van der Waals surface area contributed by atoms with Crippen molar-refractivity contribution < 1.29 is 19.8 Å². The minimum Gasteiger partial charge on any atom is -0.506 e. The lowest BCUT2D eigenvalue weighted by atomic mass is 10.0. The Labute approximate surface area is 125 Å². The van der Waals surface area contributed by atoms with Crippen molar-refractivity contribution in [3.05, 3.63) is 39.2 Å². The molecule has 4 N–H and O–H groups in total. The van der Waals surface area contributed by atoms with E-state index >= 15 is 0 Å². The molecule has 0 saturated carbocycles. The number of hydrogen-bond donors (Lipinski definition) is 4. The quantitative estimate of drug-likeness (QED) is 0.669. The Balaban J connectivity index is 2.61. The number of pyridine rings is 1. The van der Waals surface area contributed by atoms with Gasteiger partial charge in [0.2, 0.25) is 0 Å². The summed E-state index contributed by atoms with van der Waals surface area (Å²) in [6.07, 6.45) is 0.769. The molecule has 22 heavy (non-hydrogen) atoms. The minimum absolute atomic E-state index is 0.342. The van der Waals surface area contributed by atoms with Gasteiger partial charge in [0.15, 0.2) is 0 Å². The molecular weight excluding hydrogens is 288 g/mol. The predicted octanol–water partition coefficient (Wildman–Crippen LogP) is 0.919. The van der Waals surface area contributed by atoms with Gasteiger partial charge in [-0.2, -0.15) is 0 Å². The summed E-state index contributed by atoms with van der Waals surface area (Å²) in [5.41, 5.74) is 1.06. The standard InChI is InChI=1S/C15H16N2O5/c1-3-8-4-5-9-12(7(8)2)17-15(22)11(13(9)20)14(21)16-6-10(18)19/h4-5H,3,6H2,1-2H3,(H,16,21)(H,18,19)(H2,17,20,22). The number of amides is 1. The maximum atomic E-state index is 12.1. The van der Waals surface area contributed by atoms with Crippen molar-refractivity contribution in [2.75, 3.05) is 6.54 Å². The van der Waals surface area contributed by atoms with E-state index in [1.54, 1.807) is 6.07 Å². The first-order valence-electron chi connectivity index (χ1n) is 6.74. The molecule has 0 fully saturated rings. The molecule has 0 spiro atoms. The second kappa shape index (κ2) is 5.88. The van der Waals surface area contributed by atoms with Crippen molar-refractivity contribution in [2.24, 2.45) is 0 Å². The van der Waals surface area contributed by atoms with Crippen molar-refractivity contribution in [3.8, 4) is 5.75 Å². The van der Waals surface area contributed by atoms with Gasteiger partial charge in [-0.25, -0.2) is 0 Å². The molecule has 1 aromatic heterocycles. The largest absolute Gasteiger partial charge is 0.506 e. The van der Waals surface area contributed by atoms with Crippen LogP contribution in [-0.2, 0) is 11.2 Å². The van der Waals surface area contributed by atoms with Gasteiger partial charge in [-0.3, -0.25) is 14.4 Å². The van der Waals surface area contributed by atoms with Crippen LogP contribution in [0.15, 0.2) is 16.9 Å². The molecule has 2 rings (SSSR count). The van der Waals surface area contributed by atoms with Crippen LogP contribution in [0, 0.1) is 6.92 Å². The highest BCUT2D eigenvalue weighted by Gasteiger charge is 2.20. The number of aromatic hydroxyl groups is 1. The van der Waals surface area contributed by atoms with Crippen LogP contribution < -0.4 is 10.9 Å². The van der Waals surface area contributed by atoms with E-state index in [0.29, 0.717) is 10.9 Å². The summed E-state index contributed by atoms with van der Waals surface area (Å²) < 4.78 is 0. The van der Waals surface area contributed by atoms with Crippen molar-refractivity contribution in [3.63, 3.8) is 0 Å². The van der Waals surface area contributed by atoms with E-state index in [1.165, 1.54) is 0 Å². The predicted molar refractivity (Wildman–Crippen MR) is 80.3 cm³/mol. The van der Waals surface area contributed by atoms with E-state index in [9.17, 15) is 19.5 Å². The Morgan fingerprint density at radius 2 is 2.00 bits per heavy atom. The number of carbonyl (C=O) groups excluding carboxylic acids is 1. The number of fused-ring (bicyclic) bond motifs is 1. The number of aromatic amines is 1. The number of aromatic nitrogens is 1. The van der Waals surface area contributed by atoms with Gasteiger partial charge in [-0.1, -0.05) is 13.0 Å². The van der Waals surface area contributed by atoms with Gasteiger partial charge in [0.1, 0.15) is 17.9 Å². The molecule has 116 valence electrons. The first kappa shape index (κ1) is 15.6. The highest BCUT2D eigenvalue weighted by molar-refractivity contribution is 6.03. The SMILES string of the molecule is CCc1ccc2c(O)c(C(=O)NCC(=O)O)c(=O)[nH]c2c1C. The average Bonchev–Trinajstić information content (AvgIpc) is 2.46. The lowest BCUT2D eigenvalue weighted by Crippen LogP contribution is -2.33. The molecule has 0 atom stereocenters. The average molecular weight is 304 g/mol. The smallest absolute Gasteiger partial charge is 0.322 e. The molecule has 1 heterocycles. The number of carbonyl (C=O) groups is 2. The number of carboxylic acid groups (broad SMARTS) is 1. The van der Waals surface area contributed by atoms with Crippen LogP contribution in [-0.4, -0.2) is 33.6 Å². The maximum Gasteiger partial charge on any atom is 0.322 e. The second-order valence-electron chi connectivity index (χ2n) is 4.88. The van der Waals surface area contributed by atoms with E-state index < -0.39 is 35.3 Å². The van der Waals surface area contributed by atoms with E-state index in [4.69, 9.17) is 5.11 Å². The van der Waals surface area contributed by atoms with Gasteiger partial charge in [0, 0.05) is 5.39 Å². The fourth-order valence-electron chi connectivity index (χ4n) is 2.37. The fourth-order valence-corrected chi connectivity index (χ4v) is 2.37. The van der Waals surface area contributed by atoms with Gasteiger partial charge in [0.25, 0.3) is 11.5 Å². The lowest BCUT2D eigenvalue weighted by Gasteiger charge is -2.11. The topological polar surface area (TPSA) is 119 Å². The molecule has 2 aromatic rings. The Kier molecular flexibility index (Phi) is 4.16. The fraction of sp³-hybridized carbons (Fsp3) is 0.267. The number of benzene rings is 1. The molecule has 0 unspecified atom stereocenters. The summed E-state index contributed by atoms with van der Waals surface area (Å²) in [4.78, 5) is 37.0. The second-order valence-corrected chi connectivity index (χ2v) is 4.88. The Morgan fingerprint density at radius 1 is 1.32 bits per heavy atom. The zero-order chi connectivity index (χ0) is 16.4. The van der Waals surface area contributed by atoms with Gasteiger partial charge >= 0.3 is 5.97 Å².